The van der Waals surface area contributed by atoms with Gasteiger partial charge in [0.1, 0.15) is 4.77 Å². The highest BCUT2D eigenvalue weighted by atomic mass is 35.9. The molecule has 0 aliphatic rings. The first-order chi connectivity index (χ1) is 4.89. The SMILES string of the molecule is CCS/C(Cl)=C(/Cl)P(=O)(Cl)Cl. The molecule has 0 rings (SSSR count). The van der Waals surface area contributed by atoms with Crippen molar-refractivity contribution < 1.29 is 4.57 Å². The normalized spacial score (nSPS) is 14.6. The smallest absolute Gasteiger partial charge is 0.283 e. The van der Waals surface area contributed by atoms with Crippen LogP contribution in [0.3, 0.4) is 0 Å². The first-order valence-corrected chi connectivity index (χ1v) is 7.83. The average molecular weight is 274 g/mol. The van der Waals surface area contributed by atoms with E-state index in [1.807, 2.05) is 6.92 Å². The molecule has 11 heavy (non-hydrogen) atoms. The van der Waals surface area contributed by atoms with Crippen molar-refractivity contribution in [3.8, 4) is 0 Å². The van der Waals surface area contributed by atoms with Gasteiger partial charge in [0, 0.05) is 0 Å². The summed E-state index contributed by atoms with van der Waals surface area (Å²) in [6, 6.07) is 0. The van der Waals surface area contributed by atoms with E-state index in [1.165, 1.54) is 11.8 Å². The van der Waals surface area contributed by atoms with Gasteiger partial charge in [0.2, 0.25) is 0 Å². The van der Waals surface area contributed by atoms with Crippen LogP contribution < -0.4 is 0 Å². The summed E-state index contributed by atoms with van der Waals surface area (Å²) < 4.78 is 10.9. The van der Waals surface area contributed by atoms with Crippen LogP contribution in [-0.2, 0) is 4.57 Å². The summed E-state index contributed by atoms with van der Waals surface area (Å²) in [5.41, 5.74) is 0. The first-order valence-electron chi connectivity index (χ1n) is 2.57. The molecular formula is C4H5Cl4OPS. The lowest BCUT2D eigenvalue weighted by Gasteiger charge is -2.01. The highest BCUT2D eigenvalue weighted by Gasteiger charge is 2.22. The van der Waals surface area contributed by atoms with Gasteiger partial charge >= 0.3 is 0 Å². The largest absolute Gasteiger partial charge is 0.294 e. The van der Waals surface area contributed by atoms with Gasteiger partial charge in [-0.25, -0.2) is 0 Å². The van der Waals surface area contributed by atoms with Crippen LogP contribution in [0.4, 0.5) is 0 Å². The van der Waals surface area contributed by atoms with Gasteiger partial charge in [-0.1, -0.05) is 30.1 Å². The van der Waals surface area contributed by atoms with Gasteiger partial charge in [0.05, 0.1) is 4.36 Å². The van der Waals surface area contributed by atoms with E-state index in [0.717, 1.165) is 5.75 Å². The molecule has 0 heterocycles. The Bertz CT molecular complexity index is 210. The lowest BCUT2D eigenvalue weighted by molar-refractivity contribution is 0.597. The van der Waals surface area contributed by atoms with Crippen LogP contribution in [0, 0.1) is 0 Å². The number of hydrogen-bond donors (Lipinski definition) is 0. The van der Waals surface area contributed by atoms with Crippen molar-refractivity contribution in [2.24, 2.45) is 0 Å². The van der Waals surface area contributed by atoms with Gasteiger partial charge in [-0.15, -0.1) is 11.8 Å². The van der Waals surface area contributed by atoms with E-state index in [0.29, 0.717) is 0 Å². The minimum atomic E-state index is -3.41. The van der Waals surface area contributed by atoms with E-state index in [1.54, 1.807) is 0 Å². The molecule has 0 radical (unpaired) electrons. The molecule has 0 spiro atoms. The van der Waals surface area contributed by atoms with E-state index in [2.05, 4.69) is 0 Å². The molecule has 66 valence electrons. The zero-order valence-electron chi connectivity index (χ0n) is 5.48. The van der Waals surface area contributed by atoms with Gasteiger partial charge in [-0.2, -0.15) is 0 Å². The lowest BCUT2D eigenvalue weighted by atomic mass is 11.0. The molecule has 0 aromatic heterocycles. The summed E-state index contributed by atoms with van der Waals surface area (Å²) in [6.07, 6.45) is 0. The molecule has 0 bridgehead atoms. The molecule has 0 aliphatic heterocycles. The van der Waals surface area contributed by atoms with E-state index in [4.69, 9.17) is 45.7 Å². The predicted octanol–water partition coefficient (Wildman–Crippen LogP) is 5.01. The molecule has 0 N–H and O–H groups in total. The monoisotopic (exact) mass is 272 g/mol. The fraction of sp³-hybridized carbons (Fsp3) is 0.500. The molecule has 0 unspecified atom stereocenters. The Labute approximate surface area is 89.4 Å². The summed E-state index contributed by atoms with van der Waals surface area (Å²) >= 11 is 22.8. The van der Waals surface area contributed by atoms with Crippen molar-refractivity contribution in [2.75, 3.05) is 5.75 Å². The van der Waals surface area contributed by atoms with Crippen molar-refractivity contribution in [1.82, 2.24) is 0 Å². The van der Waals surface area contributed by atoms with Crippen LogP contribution in [0.1, 0.15) is 6.92 Å². The highest BCUT2D eigenvalue weighted by molar-refractivity contribution is 8.13. The van der Waals surface area contributed by atoms with Crippen molar-refractivity contribution >= 4 is 63.3 Å². The second kappa shape index (κ2) is 5.26. The summed E-state index contributed by atoms with van der Waals surface area (Å²) in [6.45, 7) is 1.88. The Morgan fingerprint density at radius 2 is 1.91 bits per heavy atom. The van der Waals surface area contributed by atoms with Gasteiger partial charge in [0.15, 0.2) is 0 Å². The third-order valence-corrected chi connectivity index (χ3v) is 5.53. The maximum absolute atomic E-state index is 10.9. The lowest BCUT2D eigenvalue weighted by Crippen LogP contribution is -1.70. The number of halogens is 4. The second-order valence-electron chi connectivity index (χ2n) is 1.46. The van der Waals surface area contributed by atoms with Crippen LogP contribution in [0.25, 0.3) is 0 Å². The number of thioether (sulfide) groups is 1. The first kappa shape index (κ1) is 12.5. The molecule has 0 aliphatic carbocycles. The Kier molecular flexibility index (Phi) is 5.97. The Morgan fingerprint density at radius 1 is 1.45 bits per heavy atom. The molecule has 0 saturated heterocycles. The van der Waals surface area contributed by atoms with Crippen LogP contribution in [0.15, 0.2) is 9.14 Å². The quantitative estimate of drug-likeness (QED) is 0.672. The van der Waals surface area contributed by atoms with Crippen molar-refractivity contribution in [1.29, 1.82) is 0 Å². The summed E-state index contributed by atoms with van der Waals surface area (Å²) in [7, 11) is 0. The zero-order valence-corrected chi connectivity index (χ0v) is 10.2. The maximum atomic E-state index is 10.9. The molecule has 0 aromatic carbocycles. The molecule has 1 nitrogen and oxygen atoms in total. The average Bonchev–Trinajstić information content (AvgIpc) is 1.85. The van der Waals surface area contributed by atoms with Gasteiger partial charge < -0.3 is 0 Å². The van der Waals surface area contributed by atoms with E-state index in [9.17, 15) is 4.57 Å². The standard InChI is InChI=1S/C4H5Cl4OPS/c1-2-11-4(6)3(5)10(7,8)9/h2H2,1H3/b4-3-. The summed E-state index contributed by atoms with van der Waals surface area (Å²) in [5.74, 6) is -2.68. The van der Waals surface area contributed by atoms with Crippen LogP contribution in [0.2, 0.25) is 0 Å². The van der Waals surface area contributed by atoms with Crippen LogP contribution >= 0.6 is 63.3 Å². The third-order valence-electron chi connectivity index (χ3n) is 0.662. The molecular weight excluding hydrogens is 269 g/mol. The Morgan fingerprint density at radius 3 is 2.18 bits per heavy atom. The van der Waals surface area contributed by atoms with Crippen molar-refractivity contribution in [3.05, 3.63) is 9.14 Å². The number of rotatable bonds is 3. The summed E-state index contributed by atoms with van der Waals surface area (Å²) in [5, 5.41) is 0. The van der Waals surface area contributed by atoms with Gasteiger partial charge in [-0.3, -0.25) is 4.57 Å². The Balaban J connectivity index is 4.53. The molecule has 0 fully saturated rings. The van der Waals surface area contributed by atoms with Crippen molar-refractivity contribution in [3.63, 3.8) is 0 Å². The molecule has 0 amide bonds. The zero-order chi connectivity index (χ0) is 9.07. The third kappa shape index (κ3) is 4.92. The molecule has 0 atom stereocenters. The van der Waals surface area contributed by atoms with E-state index >= 15 is 0 Å². The van der Waals surface area contributed by atoms with Crippen LogP contribution in [0.5, 0.6) is 0 Å². The minimum absolute atomic E-state index is 0.158. The van der Waals surface area contributed by atoms with Crippen molar-refractivity contribution in [2.45, 2.75) is 6.92 Å². The predicted molar refractivity (Wildman–Crippen MR) is 56.2 cm³/mol. The highest BCUT2D eigenvalue weighted by Crippen LogP contribution is 2.67. The molecule has 0 aromatic rings. The minimum Gasteiger partial charge on any atom is -0.283 e. The Hall–Kier alpha value is 1.48. The van der Waals surface area contributed by atoms with Gasteiger partial charge in [-0.05, 0) is 28.2 Å². The van der Waals surface area contributed by atoms with Crippen LogP contribution in [-0.4, -0.2) is 5.75 Å². The van der Waals surface area contributed by atoms with Gasteiger partial charge in [0.25, 0.3) is 5.85 Å². The molecule has 7 heteroatoms. The van der Waals surface area contributed by atoms with E-state index in [-0.39, 0.29) is 9.14 Å². The maximum Gasteiger partial charge on any atom is 0.294 e. The fourth-order valence-corrected chi connectivity index (χ4v) is 3.36. The topological polar surface area (TPSA) is 17.1 Å². The fourth-order valence-electron chi connectivity index (χ4n) is 0.289. The second-order valence-corrected chi connectivity index (χ2v) is 8.72. The van der Waals surface area contributed by atoms with E-state index < -0.39 is 5.85 Å². The summed E-state index contributed by atoms with van der Waals surface area (Å²) in [4.78, 5) is 0. The number of hydrogen-bond acceptors (Lipinski definition) is 2. The molecule has 0 saturated carbocycles.